The van der Waals surface area contributed by atoms with Crippen LogP contribution >= 0.6 is 0 Å². The van der Waals surface area contributed by atoms with Gasteiger partial charge in [-0.25, -0.2) is 4.72 Å². The van der Waals surface area contributed by atoms with Gasteiger partial charge in [-0.15, -0.1) is 0 Å². The Morgan fingerprint density at radius 1 is 1.07 bits per heavy atom. The zero-order chi connectivity index (χ0) is 28.7. The molecule has 10 nitrogen and oxygen atoms in total. The van der Waals surface area contributed by atoms with Crippen LogP contribution in [0.3, 0.4) is 0 Å². The van der Waals surface area contributed by atoms with Gasteiger partial charge in [0.1, 0.15) is 0 Å². The molecule has 4 heterocycles. The maximum Gasteiger partial charge on any atom is 0.303 e. The van der Waals surface area contributed by atoms with Crippen molar-refractivity contribution in [2.75, 3.05) is 40.4 Å². The quantitative estimate of drug-likeness (QED) is 0.496. The molecule has 1 atom stereocenters. The first-order valence-corrected chi connectivity index (χ1v) is 15.9. The second-order valence-electron chi connectivity index (χ2n) is 11.5. The number of fused-ring (bicyclic) bond motifs is 5. The molecule has 2 fully saturated rings. The van der Waals surface area contributed by atoms with Crippen molar-refractivity contribution in [3.63, 3.8) is 0 Å². The summed E-state index contributed by atoms with van der Waals surface area (Å²) in [7, 11) is -1.20. The maximum absolute atomic E-state index is 13.9. The molecule has 2 aliphatic heterocycles. The third kappa shape index (κ3) is 5.26. The van der Waals surface area contributed by atoms with E-state index in [2.05, 4.69) is 15.4 Å². The van der Waals surface area contributed by atoms with Crippen molar-refractivity contribution in [2.45, 2.75) is 51.0 Å². The fourth-order valence-corrected chi connectivity index (χ4v) is 7.14. The number of carbonyl (C=O) groups excluding carboxylic acids is 2. The monoisotopic (exact) mass is 579 g/mol. The Labute approximate surface area is 240 Å². The number of rotatable bonds is 5. The van der Waals surface area contributed by atoms with Crippen molar-refractivity contribution in [1.82, 2.24) is 23.5 Å². The predicted molar refractivity (Wildman–Crippen MR) is 156 cm³/mol. The molecule has 2 aromatic heterocycles. The number of hydrogen-bond donors (Lipinski definition) is 1. The van der Waals surface area contributed by atoms with Gasteiger partial charge in [-0.2, -0.15) is 12.7 Å². The molecule has 1 saturated heterocycles. The molecule has 3 aromatic rings. The van der Waals surface area contributed by atoms with E-state index in [0.29, 0.717) is 45.2 Å². The van der Waals surface area contributed by atoms with Crippen molar-refractivity contribution < 1.29 is 22.7 Å². The summed E-state index contributed by atoms with van der Waals surface area (Å²) in [5, 5.41) is 1.04. The zero-order valence-corrected chi connectivity index (χ0v) is 24.5. The summed E-state index contributed by atoms with van der Waals surface area (Å²) in [5.41, 5.74) is 5.27. The van der Waals surface area contributed by atoms with Gasteiger partial charge in [-0.3, -0.25) is 14.6 Å². The van der Waals surface area contributed by atoms with Crippen molar-refractivity contribution in [3.05, 3.63) is 53.2 Å². The molecule has 3 aliphatic rings. The van der Waals surface area contributed by atoms with Gasteiger partial charge in [-0.05, 0) is 54.5 Å². The zero-order valence-electron chi connectivity index (χ0n) is 23.6. The molecule has 0 radical (unpaired) electrons. The van der Waals surface area contributed by atoms with E-state index in [1.165, 1.54) is 26.1 Å². The van der Waals surface area contributed by atoms with Crippen molar-refractivity contribution in [3.8, 4) is 11.4 Å². The number of hydrogen-bond acceptors (Lipinski definition) is 6. The number of carbonyl (C=O) groups is 2. The molecule has 6 rings (SSSR count). The minimum absolute atomic E-state index is 0.1000. The third-order valence-corrected chi connectivity index (χ3v) is 10.1. The highest BCUT2D eigenvalue weighted by molar-refractivity contribution is 7.87. The Kier molecular flexibility index (Phi) is 7.60. The molecule has 0 spiro atoms. The lowest BCUT2D eigenvalue weighted by Gasteiger charge is -2.30. The smallest absolute Gasteiger partial charge is 0.303 e. The van der Waals surface area contributed by atoms with E-state index in [-0.39, 0.29) is 17.4 Å². The largest absolute Gasteiger partial charge is 0.378 e. The van der Waals surface area contributed by atoms with Crippen LogP contribution in [0.25, 0.3) is 22.3 Å². The minimum Gasteiger partial charge on any atom is -0.378 e. The number of amides is 2. The van der Waals surface area contributed by atoms with Crippen LogP contribution in [-0.4, -0.2) is 79.4 Å². The van der Waals surface area contributed by atoms with Gasteiger partial charge in [0.05, 0.1) is 30.5 Å². The van der Waals surface area contributed by atoms with E-state index in [4.69, 9.17) is 9.72 Å². The van der Waals surface area contributed by atoms with Crippen LogP contribution in [0.4, 0.5) is 0 Å². The molecule has 1 saturated carbocycles. The lowest BCUT2D eigenvalue weighted by atomic mass is 9.82. The van der Waals surface area contributed by atoms with Gasteiger partial charge >= 0.3 is 10.2 Å². The van der Waals surface area contributed by atoms with E-state index in [9.17, 15) is 18.0 Å². The van der Waals surface area contributed by atoms with E-state index in [1.807, 2.05) is 17.0 Å². The molecule has 218 valence electrons. The second kappa shape index (κ2) is 11.2. The van der Waals surface area contributed by atoms with Crippen molar-refractivity contribution in [2.24, 2.45) is 5.92 Å². The third-order valence-electron chi connectivity index (χ3n) is 8.74. The van der Waals surface area contributed by atoms with Crippen molar-refractivity contribution in [1.29, 1.82) is 0 Å². The van der Waals surface area contributed by atoms with E-state index < -0.39 is 16.1 Å². The number of aromatic nitrogens is 2. The van der Waals surface area contributed by atoms with Gasteiger partial charge in [0, 0.05) is 56.4 Å². The summed E-state index contributed by atoms with van der Waals surface area (Å²) in [6.07, 6.45) is 8.08. The minimum atomic E-state index is -3.95. The Hall–Kier alpha value is -3.28. The fraction of sp³-hybridized carbons (Fsp3) is 0.500. The van der Waals surface area contributed by atoms with Gasteiger partial charge in [0.2, 0.25) is 5.91 Å². The van der Waals surface area contributed by atoms with Crippen LogP contribution in [0.5, 0.6) is 0 Å². The molecule has 1 aliphatic carbocycles. The number of nitrogens with zero attached hydrogens (tertiary/aromatic N) is 4. The molecule has 41 heavy (non-hydrogen) atoms. The van der Waals surface area contributed by atoms with Crippen LogP contribution in [0.1, 0.15) is 59.5 Å². The summed E-state index contributed by atoms with van der Waals surface area (Å²) in [5.74, 6) is -0.553. The standard InChI is InChI=1S/C30H37N5O5S/c1-33(2)41(38,39)32-29(36)22-10-11-24-25(18-22)35-19-23(30(37)34-13-15-40-16-14-34)17-21-9-6-12-31-27(21)28(35)26(24)20-7-4-3-5-8-20/h6,9-12,18,20,23H,3-5,7-8,13-17,19H2,1-2H3,(H,32,36). The van der Waals surface area contributed by atoms with Crippen LogP contribution in [0.2, 0.25) is 0 Å². The van der Waals surface area contributed by atoms with Crippen LogP contribution in [0, 0.1) is 5.92 Å². The highest BCUT2D eigenvalue weighted by atomic mass is 32.2. The van der Waals surface area contributed by atoms with Crippen LogP contribution in [-0.2, 0) is 32.7 Å². The summed E-state index contributed by atoms with van der Waals surface area (Å²) >= 11 is 0. The highest BCUT2D eigenvalue weighted by Gasteiger charge is 2.35. The van der Waals surface area contributed by atoms with Gasteiger partial charge in [0.15, 0.2) is 0 Å². The SMILES string of the molecule is CN(C)S(=O)(=O)NC(=O)c1ccc2c(C3CCCCC3)c3n(c2c1)CC(C(=O)N1CCOCC1)Cc1cccnc1-3. The lowest BCUT2D eigenvalue weighted by Crippen LogP contribution is -2.45. The Bertz CT molecular complexity index is 1590. The normalized spacial score (nSPS) is 20.0. The average Bonchev–Trinajstić information content (AvgIpc) is 3.19. The molecule has 0 bridgehead atoms. The molecule has 11 heteroatoms. The van der Waals surface area contributed by atoms with E-state index >= 15 is 0 Å². The first-order valence-electron chi connectivity index (χ1n) is 14.5. The van der Waals surface area contributed by atoms with Crippen LogP contribution < -0.4 is 4.72 Å². The number of morpholine rings is 1. The number of nitrogens with one attached hydrogen (secondary N) is 1. The van der Waals surface area contributed by atoms with Gasteiger partial charge in [-0.1, -0.05) is 31.4 Å². The second-order valence-corrected chi connectivity index (χ2v) is 13.4. The molecule has 1 unspecified atom stereocenters. The van der Waals surface area contributed by atoms with Gasteiger partial charge in [0.25, 0.3) is 5.91 Å². The number of pyridine rings is 1. The Morgan fingerprint density at radius 2 is 1.83 bits per heavy atom. The highest BCUT2D eigenvalue weighted by Crippen LogP contribution is 2.46. The molecule has 2 amide bonds. The average molecular weight is 580 g/mol. The maximum atomic E-state index is 13.9. The summed E-state index contributed by atoms with van der Waals surface area (Å²) in [6, 6.07) is 9.42. The van der Waals surface area contributed by atoms with Crippen molar-refractivity contribution >= 4 is 32.9 Å². The molecular formula is C30H37N5O5S. The number of ether oxygens (including phenoxy) is 1. The first kappa shape index (κ1) is 27.9. The van der Waals surface area contributed by atoms with Gasteiger partial charge < -0.3 is 14.2 Å². The summed E-state index contributed by atoms with van der Waals surface area (Å²) in [4.78, 5) is 33.8. The van der Waals surface area contributed by atoms with E-state index in [0.717, 1.165) is 57.8 Å². The summed E-state index contributed by atoms with van der Waals surface area (Å²) in [6.45, 7) is 2.67. The number of benzene rings is 1. The Morgan fingerprint density at radius 3 is 2.56 bits per heavy atom. The fourth-order valence-electron chi connectivity index (χ4n) is 6.61. The summed E-state index contributed by atoms with van der Waals surface area (Å²) < 4.78 is 35.6. The molecule has 1 aromatic carbocycles. The van der Waals surface area contributed by atoms with E-state index in [1.54, 1.807) is 18.3 Å². The topological polar surface area (TPSA) is 114 Å². The predicted octanol–water partition coefficient (Wildman–Crippen LogP) is 3.32. The lowest BCUT2D eigenvalue weighted by molar-refractivity contribution is -0.140. The molecule has 1 N–H and O–H groups in total. The molecular weight excluding hydrogens is 542 g/mol. The first-order chi connectivity index (χ1) is 19.7. The Balaban J connectivity index is 1.52. The van der Waals surface area contributed by atoms with Crippen LogP contribution in [0.15, 0.2) is 36.5 Å².